The summed E-state index contributed by atoms with van der Waals surface area (Å²) < 4.78 is 0. The zero-order valence-corrected chi connectivity index (χ0v) is 22.7. The van der Waals surface area contributed by atoms with Gasteiger partial charge in [-0.3, -0.25) is 30.0 Å². The van der Waals surface area contributed by atoms with Crippen LogP contribution in [0, 0.1) is 0 Å². The molecule has 4 rings (SSSR count). The van der Waals surface area contributed by atoms with Crippen LogP contribution in [0.25, 0.3) is 11.1 Å². The van der Waals surface area contributed by atoms with Crippen LogP contribution in [-0.4, -0.2) is 108 Å². The summed E-state index contributed by atoms with van der Waals surface area (Å²) in [5.41, 5.74) is 9.43. The van der Waals surface area contributed by atoms with Crippen LogP contribution in [0.5, 0.6) is 0 Å². The van der Waals surface area contributed by atoms with Gasteiger partial charge < -0.3 is 19.6 Å². The third kappa shape index (κ3) is 7.22. The lowest BCUT2D eigenvalue weighted by Gasteiger charge is -2.33. The Balaban J connectivity index is 1.36. The molecule has 2 saturated heterocycles. The highest BCUT2D eigenvalue weighted by Crippen LogP contribution is 2.23. The Labute approximate surface area is 233 Å². The number of ketones is 2. The monoisotopic (exact) mass is 546 g/mol. The summed E-state index contributed by atoms with van der Waals surface area (Å²) in [5, 5.41) is 8.68. The molecule has 210 valence electrons. The van der Waals surface area contributed by atoms with Gasteiger partial charge in [-0.1, -0.05) is 24.3 Å². The molecule has 2 aromatic carbocycles. The van der Waals surface area contributed by atoms with E-state index in [0.717, 1.165) is 35.3 Å². The molecule has 0 spiro atoms. The molecule has 12 heteroatoms. The zero-order valence-electron chi connectivity index (χ0n) is 22.7. The number of Topliss-reactive ketones (excluding diaryl/α,β-unsaturated/α-hetero) is 2. The van der Waals surface area contributed by atoms with E-state index < -0.39 is 0 Å². The van der Waals surface area contributed by atoms with Gasteiger partial charge >= 0.3 is 0 Å². The molecule has 0 atom stereocenters. The molecule has 2 amide bonds. The van der Waals surface area contributed by atoms with Crippen molar-refractivity contribution in [3.05, 3.63) is 48.5 Å². The average molecular weight is 547 g/mol. The fourth-order valence-corrected chi connectivity index (χ4v) is 4.53. The first-order valence-corrected chi connectivity index (χ1v) is 13.2. The van der Waals surface area contributed by atoms with Gasteiger partial charge in [0, 0.05) is 66.2 Å². The lowest BCUT2D eigenvalue weighted by molar-refractivity contribution is -0.120. The van der Waals surface area contributed by atoms with Crippen LogP contribution < -0.4 is 10.9 Å². The molecule has 0 unspecified atom stereocenters. The van der Waals surface area contributed by atoms with Crippen molar-refractivity contribution in [1.29, 1.82) is 0 Å². The maximum absolute atomic E-state index is 12.2. The number of carbonyl (C=O) groups excluding carboxylic acids is 4. The predicted molar refractivity (Wildman–Crippen MR) is 154 cm³/mol. The summed E-state index contributed by atoms with van der Waals surface area (Å²) in [6.45, 7) is 7.43. The second kappa shape index (κ2) is 13.4. The summed E-state index contributed by atoms with van der Waals surface area (Å²) in [6.07, 6.45) is 1.65. The Morgan fingerprint density at radius 3 is 1.20 bits per heavy atom. The Kier molecular flexibility index (Phi) is 9.44. The van der Waals surface area contributed by atoms with Crippen LogP contribution in [0.2, 0.25) is 0 Å². The van der Waals surface area contributed by atoms with Crippen molar-refractivity contribution in [1.82, 2.24) is 19.6 Å². The number of anilines is 2. The van der Waals surface area contributed by atoms with Crippen LogP contribution in [0.3, 0.4) is 0 Å². The Morgan fingerprint density at radius 1 is 0.600 bits per heavy atom. The topological polar surface area (TPSA) is 130 Å². The van der Waals surface area contributed by atoms with Crippen molar-refractivity contribution in [3.8, 4) is 11.1 Å². The predicted octanol–water partition coefficient (Wildman–Crippen LogP) is 1.53. The number of carbonyl (C=O) groups is 4. The van der Waals surface area contributed by atoms with Gasteiger partial charge in [0.2, 0.25) is 12.8 Å². The van der Waals surface area contributed by atoms with E-state index in [4.69, 9.17) is 0 Å². The molecule has 2 aromatic rings. The molecule has 2 aliphatic rings. The molecule has 0 aliphatic carbocycles. The van der Waals surface area contributed by atoms with Crippen LogP contribution in [0.15, 0.2) is 58.7 Å². The second-order valence-corrected chi connectivity index (χ2v) is 9.62. The number of hydrazone groups is 2. The van der Waals surface area contributed by atoms with Crippen molar-refractivity contribution in [2.45, 2.75) is 13.8 Å². The number of amides is 2. The van der Waals surface area contributed by atoms with Gasteiger partial charge in [-0.15, -0.1) is 0 Å². The molecule has 2 aliphatic heterocycles. The van der Waals surface area contributed by atoms with Gasteiger partial charge in [-0.2, -0.15) is 10.2 Å². The van der Waals surface area contributed by atoms with Crippen molar-refractivity contribution in [2.75, 3.05) is 63.2 Å². The minimum absolute atomic E-state index is 0.141. The molecule has 2 N–H and O–H groups in total. The fourth-order valence-electron chi connectivity index (χ4n) is 4.53. The molecule has 40 heavy (non-hydrogen) atoms. The van der Waals surface area contributed by atoms with Crippen LogP contribution in [0.1, 0.15) is 13.8 Å². The Bertz CT molecular complexity index is 1160. The smallest absolute Gasteiger partial charge is 0.209 e. The number of hydrogen-bond acceptors (Lipinski definition) is 8. The summed E-state index contributed by atoms with van der Waals surface area (Å²) in [4.78, 5) is 53.3. The summed E-state index contributed by atoms with van der Waals surface area (Å²) in [6, 6.07) is 15.4. The summed E-state index contributed by atoms with van der Waals surface area (Å²) in [5.74, 6) is 0.406. The van der Waals surface area contributed by atoms with Crippen molar-refractivity contribution < 1.29 is 19.2 Å². The number of piperazine rings is 2. The third-order valence-corrected chi connectivity index (χ3v) is 6.84. The Hall–Kier alpha value is -4.74. The van der Waals surface area contributed by atoms with E-state index in [2.05, 4.69) is 21.1 Å². The van der Waals surface area contributed by atoms with Gasteiger partial charge in [0.05, 0.1) is 11.4 Å². The number of benzene rings is 2. The highest BCUT2D eigenvalue weighted by molar-refractivity contribution is 6.38. The largest absolute Gasteiger partial charge is 0.349 e. The second-order valence-electron chi connectivity index (χ2n) is 9.62. The highest BCUT2D eigenvalue weighted by atomic mass is 16.1. The molecule has 2 fully saturated rings. The van der Waals surface area contributed by atoms with Gasteiger partial charge in [0.1, 0.15) is 0 Å². The van der Waals surface area contributed by atoms with Gasteiger partial charge in [-0.25, -0.2) is 0 Å². The van der Waals surface area contributed by atoms with E-state index in [9.17, 15) is 19.2 Å². The number of amidine groups is 2. The third-order valence-electron chi connectivity index (χ3n) is 6.84. The van der Waals surface area contributed by atoms with Crippen molar-refractivity contribution in [3.63, 3.8) is 0 Å². The van der Waals surface area contributed by atoms with E-state index in [1.165, 1.54) is 13.8 Å². The molecule has 0 radical (unpaired) electrons. The standard InChI is InChI=1S/C28H34N8O4/c1-21(39)27(35-15-11-33(19-37)12-16-35)31-29-25-7-3-23(4-8-25)24-5-9-26(10-6-24)30-32-28(22(2)40)36-17-13-34(20-38)14-18-36/h3-10,19-20,29-30H,11-18H2,1-2H3/b31-27+,32-28+. The summed E-state index contributed by atoms with van der Waals surface area (Å²) >= 11 is 0. The van der Waals surface area contributed by atoms with E-state index in [-0.39, 0.29) is 11.6 Å². The van der Waals surface area contributed by atoms with Crippen LogP contribution in [0.4, 0.5) is 11.4 Å². The molecule has 12 nitrogen and oxygen atoms in total. The first-order valence-electron chi connectivity index (χ1n) is 13.2. The zero-order chi connectivity index (χ0) is 28.5. The highest BCUT2D eigenvalue weighted by Gasteiger charge is 2.22. The number of nitrogens with zero attached hydrogens (tertiary/aromatic N) is 6. The van der Waals surface area contributed by atoms with Crippen molar-refractivity contribution in [2.24, 2.45) is 10.2 Å². The van der Waals surface area contributed by atoms with E-state index in [0.29, 0.717) is 64.0 Å². The Morgan fingerprint density at radius 2 is 0.925 bits per heavy atom. The minimum Gasteiger partial charge on any atom is -0.349 e. The molecule has 0 bridgehead atoms. The number of nitrogens with one attached hydrogen (secondary N) is 2. The molecule has 0 aromatic heterocycles. The van der Waals surface area contributed by atoms with E-state index in [1.807, 2.05) is 58.3 Å². The first-order chi connectivity index (χ1) is 19.4. The molecular formula is C28H34N8O4. The fraction of sp³-hybridized carbons (Fsp3) is 0.357. The minimum atomic E-state index is -0.141. The van der Waals surface area contributed by atoms with Gasteiger partial charge in [-0.05, 0) is 35.4 Å². The van der Waals surface area contributed by atoms with Gasteiger partial charge in [0.15, 0.2) is 23.2 Å². The van der Waals surface area contributed by atoms with E-state index >= 15 is 0 Å². The number of hydrogen-bond donors (Lipinski definition) is 2. The lowest BCUT2D eigenvalue weighted by atomic mass is 10.1. The average Bonchev–Trinajstić information content (AvgIpc) is 2.98. The van der Waals surface area contributed by atoms with Crippen LogP contribution >= 0.6 is 0 Å². The van der Waals surface area contributed by atoms with Crippen LogP contribution in [-0.2, 0) is 19.2 Å². The van der Waals surface area contributed by atoms with E-state index in [1.54, 1.807) is 9.80 Å². The SMILES string of the molecule is CC(=O)/C(=N\Nc1ccc(-c2ccc(N/N=C(\C(C)=O)N3CCN(C=O)CC3)cc2)cc1)N1CCN(C=O)CC1. The maximum atomic E-state index is 12.2. The number of rotatable bonds is 9. The van der Waals surface area contributed by atoms with Gasteiger partial charge in [0.25, 0.3) is 0 Å². The maximum Gasteiger partial charge on any atom is 0.209 e. The summed E-state index contributed by atoms with van der Waals surface area (Å²) in [7, 11) is 0. The lowest BCUT2D eigenvalue weighted by Crippen LogP contribution is -2.50. The molecular weight excluding hydrogens is 512 g/mol. The first kappa shape index (κ1) is 28.3. The quantitative estimate of drug-likeness (QED) is 0.210. The molecule has 2 heterocycles. The van der Waals surface area contributed by atoms with Crippen molar-refractivity contribution >= 4 is 47.4 Å². The molecule has 0 saturated carbocycles. The normalized spacial score (nSPS) is 16.4.